The number of nitrogens with zero attached hydrogens (tertiary/aromatic N) is 3. The molecule has 1 aliphatic rings. The van der Waals surface area contributed by atoms with Crippen LogP contribution in [0, 0.1) is 0 Å². The van der Waals surface area contributed by atoms with Crippen LogP contribution < -0.4 is 4.90 Å². The van der Waals surface area contributed by atoms with E-state index < -0.39 is 6.04 Å². The van der Waals surface area contributed by atoms with E-state index in [0.29, 0.717) is 17.2 Å². The van der Waals surface area contributed by atoms with Gasteiger partial charge in [0.2, 0.25) is 0 Å². The van der Waals surface area contributed by atoms with Crippen molar-refractivity contribution in [2.75, 3.05) is 11.9 Å². The predicted octanol–water partition coefficient (Wildman–Crippen LogP) is 5.02. The number of anilines is 1. The minimum Gasteiger partial charge on any atom is -0.508 e. The first kappa shape index (κ1) is 20.2. The molecule has 0 spiro atoms. The van der Waals surface area contributed by atoms with E-state index in [0.717, 1.165) is 33.3 Å². The van der Waals surface area contributed by atoms with Crippen molar-refractivity contribution in [1.29, 1.82) is 0 Å². The Balaban J connectivity index is 1.63. The van der Waals surface area contributed by atoms with Crippen LogP contribution in [0.15, 0.2) is 84.0 Å². The zero-order valence-corrected chi connectivity index (χ0v) is 18.1. The highest BCUT2D eigenvalue weighted by Gasteiger charge is 2.30. The summed E-state index contributed by atoms with van der Waals surface area (Å²) in [7, 11) is 1.76. The summed E-state index contributed by atoms with van der Waals surface area (Å²) in [5.74, 6) is 0.0665. The number of rotatable bonds is 3. The highest BCUT2D eigenvalue weighted by atomic mass is 35.5. The fourth-order valence-electron chi connectivity index (χ4n) is 4.05. The normalized spacial score (nSPS) is 15.9. The van der Waals surface area contributed by atoms with Gasteiger partial charge in [-0.2, -0.15) is 0 Å². The summed E-state index contributed by atoms with van der Waals surface area (Å²) >= 11 is 6.31. The quantitative estimate of drug-likeness (QED) is 0.485. The molecule has 0 saturated heterocycles. The molecule has 32 heavy (non-hydrogen) atoms. The lowest BCUT2D eigenvalue weighted by Crippen LogP contribution is -2.36. The van der Waals surface area contributed by atoms with E-state index in [9.17, 15) is 9.90 Å². The maximum absolute atomic E-state index is 13.4. The molecule has 1 aliphatic heterocycles. The van der Waals surface area contributed by atoms with Crippen LogP contribution >= 0.6 is 11.6 Å². The number of halogens is 1. The van der Waals surface area contributed by atoms with E-state index in [1.54, 1.807) is 48.5 Å². The Kier molecular flexibility index (Phi) is 5.11. The number of amides is 1. The van der Waals surface area contributed by atoms with E-state index in [4.69, 9.17) is 16.6 Å². The zero-order chi connectivity index (χ0) is 22.2. The largest absolute Gasteiger partial charge is 0.508 e. The smallest absolute Gasteiger partial charge is 0.251 e. The Morgan fingerprint density at radius 3 is 2.62 bits per heavy atom. The Morgan fingerprint density at radius 2 is 1.81 bits per heavy atom. The molecule has 1 aromatic heterocycles. The Morgan fingerprint density at radius 1 is 1.03 bits per heavy atom. The molecule has 2 heterocycles. The molecular formula is C26H20ClN3O2. The van der Waals surface area contributed by atoms with Crippen molar-refractivity contribution in [3.63, 3.8) is 0 Å². The number of hydrogen-bond acceptors (Lipinski definition) is 4. The van der Waals surface area contributed by atoms with Crippen LogP contribution in [0.2, 0.25) is 5.02 Å². The molecule has 158 valence electrons. The fraction of sp³-hybridized carbons (Fsp3) is 0.115. The first-order valence-corrected chi connectivity index (χ1v) is 10.7. The summed E-state index contributed by atoms with van der Waals surface area (Å²) in [6.45, 7) is 0. The molecule has 6 heteroatoms. The number of likely N-dealkylation sites (N-methyl/N-ethyl adjacent to an activating group) is 1. The number of benzodiazepines with no additional fused rings is 1. The Labute approximate surface area is 190 Å². The van der Waals surface area contributed by atoms with Gasteiger partial charge in [-0.25, -0.2) is 0 Å². The van der Waals surface area contributed by atoms with E-state index in [-0.39, 0.29) is 11.7 Å². The number of aliphatic imine (C=N–C) groups is 1. The molecule has 1 unspecified atom stereocenters. The van der Waals surface area contributed by atoms with Crippen molar-refractivity contribution in [2.45, 2.75) is 12.5 Å². The first-order valence-electron chi connectivity index (χ1n) is 10.3. The van der Waals surface area contributed by atoms with Gasteiger partial charge in [-0.05, 0) is 60.2 Å². The number of para-hydroxylation sites is 1. The molecule has 0 saturated carbocycles. The third-order valence-corrected chi connectivity index (χ3v) is 5.93. The minimum atomic E-state index is -0.627. The Bertz CT molecular complexity index is 1370. The van der Waals surface area contributed by atoms with Gasteiger partial charge in [-0.3, -0.25) is 14.8 Å². The maximum atomic E-state index is 13.4. The van der Waals surface area contributed by atoms with Gasteiger partial charge in [0.1, 0.15) is 11.8 Å². The lowest BCUT2D eigenvalue weighted by molar-refractivity contribution is -0.119. The van der Waals surface area contributed by atoms with Crippen LogP contribution in [0.3, 0.4) is 0 Å². The summed E-state index contributed by atoms with van der Waals surface area (Å²) in [5.41, 5.74) is 4.84. The van der Waals surface area contributed by atoms with E-state index in [1.807, 2.05) is 36.4 Å². The standard InChI is InChI=1S/C26H20ClN3O2/c1-30-24-11-8-19(27)14-21(24)25(17-6-9-20(31)10-7-17)29-23(26(30)32)13-16-12-18-4-2-3-5-22(18)28-15-16/h2-12,14-15,23,31H,13H2,1H3. The third-order valence-electron chi connectivity index (χ3n) is 5.69. The van der Waals surface area contributed by atoms with Crippen LogP contribution in [0.25, 0.3) is 10.9 Å². The second-order valence-corrected chi connectivity index (χ2v) is 8.28. The van der Waals surface area contributed by atoms with Crippen LogP contribution in [0.5, 0.6) is 5.75 Å². The number of pyridine rings is 1. The number of benzene rings is 3. The molecule has 4 aromatic rings. The SMILES string of the molecule is CN1C(=O)C(Cc2cnc3ccccc3c2)N=C(c2ccc(O)cc2)c2cc(Cl)ccc21. The predicted molar refractivity (Wildman–Crippen MR) is 128 cm³/mol. The molecule has 1 amide bonds. The number of phenols is 1. The van der Waals surface area contributed by atoms with Gasteiger partial charge in [0.25, 0.3) is 5.91 Å². The van der Waals surface area contributed by atoms with Crippen molar-refractivity contribution in [3.8, 4) is 5.75 Å². The van der Waals surface area contributed by atoms with Gasteiger partial charge in [0, 0.05) is 41.2 Å². The molecule has 0 radical (unpaired) electrons. The van der Waals surface area contributed by atoms with Gasteiger partial charge in [0.15, 0.2) is 0 Å². The fourth-order valence-corrected chi connectivity index (χ4v) is 4.22. The van der Waals surface area contributed by atoms with Gasteiger partial charge in [-0.15, -0.1) is 0 Å². The summed E-state index contributed by atoms with van der Waals surface area (Å²) in [6.07, 6.45) is 2.23. The summed E-state index contributed by atoms with van der Waals surface area (Å²) in [5, 5.41) is 11.3. The highest BCUT2D eigenvalue weighted by Crippen LogP contribution is 2.31. The summed E-state index contributed by atoms with van der Waals surface area (Å²) < 4.78 is 0. The van der Waals surface area contributed by atoms with Gasteiger partial charge in [0.05, 0.1) is 16.9 Å². The minimum absolute atomic E-state index is 0.101. The van der Waals surface area contributed by atoms with Crippen LogP contribution in [0.4, 0.5) is 5.69 Å². The van der Waals surface area contributed by atoms with E-state index in [2.05, 4.69) is 11.1 Å². The van der Waals surface area contributed by atoms with Crippen LogP contribution in [-0.4, -0.2) is 34.8 Å². The highest BCUT2D eigenvalue weighted by molar-refractivity contribution is 6.32. The third kappa shape index (κ3) is 3.72. The molecule has 0 fully saturated rings. The number of fused-ring (bicyclic) bond motifs is 2. The second kappa shape index (κ2) is 8.09. The van der Waals surface area contributed by atoms with Crippen molar-refractivity contribution >= 4 is 39.8 Å². The number of carbonyl (C=O) groups excluding carboxylic acids is 1. The Hall–Kier alpha value is -3.70. The maximum Gasteiger partial charge on any atom is 0.251 e. The summed E-state index contributed by atoms with van der Waals surface area (Å²) in [4.78, 5) is 24.5. The topological polar surface area (TPSA) is 65.8 Å². The molecule has 5 nitrogen and oxygen atoms in total. The van der Waals surface area contributed by atoms with Crippen molar-refractivity contribution < 1.29 is 9.90 Å². The average molecular weight is 442 g/mol. The lowest BCUT2D eigenvalue weighted by Gasteiger charge is -2.20. The lowest BCUT2D eigenvalue weighted by atomic mass is 10.00. The zero-order valence-electron chi connectivity index (χ0n) is 17.4. The van der Waals surface area contributed by atoms with Gasteiger partial charge in [-0.1, -0.05) is 29.8 Å². The molecule has 1 atom stereocenters. The van der Waals surface area contributed by atoms with E-state index >= 15 is 0 Å². The molecule has 0 bridgehead atoms. The number of aromatic hydroxyl groups is 1. The molecule has 3 aromatic carbocycles. The number of phenolic OH excluding ortho intramolecular Hbond substituents is 1. The number of hydrogen-bond donors (Lipinski definition) is 1. The molecule has 5 rings (SSSR count). The van der Waals surface area contributed by atoms with Crippen molar-refractivity contribution in [1.82, 2.24) is 4.98 Å². The monoisotopic (exact) mass is 441 g/mol. The van der Waals surface area contributed by atoms with Gasteiger partial charge >= 0.3 is 0 Å². The van der Waals surface area contributed by atoms with Crippen molar-refractivity contribution in [2.24, 2.45) is 4.99 Å². The van der Waals surface area contributed by atoms with Crippen LogP contribution in [0.1, 0.15) is 16.7 Å². The second-order valence-electron chi connectivity index (χ2n) is 7.84. The van der Waals surface area contributed by atoms with Crippen molar-refractivity contribution in [3.05, 3.63) is 101 Å². The van der Waals surface area contributed by atoms with Crippen LogP contribution in [-0.2, 0) is 11.2 Å². The molecule has 0 aliphatic carbocycles. The number of carbonyl (C=O) groups is 1. The average Bonchev–Trinajstić information content (AvgIpc) is 2.90. The van der Waals surface area contributed by atoms with E-state index in [1.165, 1.54) is 0 Å². The first-order chi connectivity index (χ1) is 15.5. The van der Waals surface area contributed by atoms with Gasteiger partial charge < -0.3 is 10.0 Å². The summed E-state index contributed by atoms with van der Waals surface area (Å²) in [6, 6.07) is 21.6. The molecule has 1 N–H and O–H groups in total. The molecular weight excluding hydrogens is 422 g/mol. The number of aromatic nitrogens is 1.